The van der Waals surface area contributed by atoms with Crippen molar-refractivity contribution in [2.24, 2.45) is 0 Å². The number of aliphatic hydroxyl groups is 1. The van der Waals surface area contributed by atoms with Gasteiger partial charge in [-0.25, -0.2) is 4.39 Å². The molecule has 1 aromatic carbocycles. The first kappa shape index (κ1) is 11.6. The molecule has 1 aliphatic rings. The van der Waals surface area contributed by atoms with Crippen molar-refractivity contribution in [1.29, 1.82) is 0 Å². The zero-order chi connectivity index (χ0) is 11.5. The summed E-state index contributed by atoms with van der Waals surface area (Å²) in [6.07, 6.45) is 2.10. The third-order valence-electron chi connectivity index (χ3n) is 3.11. The predicted molar refractivity (Wildman–Crippen MR) is 59.7 cm³/mol. The molecule has 0 bridgehead atoms. The fourth-order valence-corrected chi connectivity index (χ4v) is 2.18. The molecule has 2 unspecified atom stereocenters. The summed E-state index contributed by atoms with van der Waals surface area (Å²) in [5.41, 5.74) is 1.60. The van der Waals surface area contributed by atoms with Crippen LogP contribution in [0, 0.1) is 12.7 Å². The van der Waals surface area contributed by atoms with Gasteiger partial charge in [-0.3, -0.25) is 0 Å². The quantitative estimate of drug-likeness (QED) is 0.855. The molecule has 0 aliphatic carbocycles. The van der Waals surface area contributed by atoms with E-state index in [0.717, 1.165) is 25.0 Å². The Morgan fingerprint density at radius 1 is 1.56 bits per heavy atom. The van der Waals surface area contributed by atoms with Crippen LogP contribution in [0.25, 0.3) is 0 Å². The molecule has 2 atom stereocenters. The van der Waals surface area contributed by atoms with E-state index in [4.69, 9.17) is 4.74 Å². The maximum absolute atomic E-state index is 13.1. The number of rotatable bonds is 3. The molecule has 1 saturated heterocycles. The second-order valence-electron chi connectivity index (χ2n) is 4.39. The molecule has 3 heteroatoms. The van der Waals surface area contributed by atoms with Crippen LogP contribution in [-0.2, 0) is 4.74 Å². The number of hydrogen-bond donors (Lipinski definition) is 1. The largest absolute Gasteiger partial charge is 0.388 e. The van der Waals surface area contributed by atoms with E-state index in [1.807, 2.05) is 6.92 Å². The van der Waals surface area contributed by atoms with Gasteiger partial charge < -0.3 is 9.84 Å². The number of halogens is 1. The molecule has 2 nitrogen and oxygen atoms in total. The number of ether oxygens (including phenoxy) is 1. The first-order valence-corrected chi connectivity index (χ1v) is 5.72. The minimum atomic E-state index is -0.626. The lowest BCUT2D eigenvalue weighted by atomic mass is 9.98. The van der Waals surface area contributed by atoms with E-state index in [2.05, 4.69) is 0 Å². The SMILES string of the molecule is Cc1ccc(F)cc1C(O)CC1CCCO1. The van der Waals surface area contributed by atoms with Gasteiger partial charge in [-0.05, 0) is 43.0 Å². The van der Waals surface area contributed by atoms with Crippen LogP contribution in [0.5, 0.6) is 0 Å². The topological polar surface area (TPSA) is 29.5 Å². The van der Waals surface area contributed by atoms with Crippen LogP contribution in [0.2, 0.25) is 0 Å². The average Bonchev–Trinajstić information content (AvgIpc) is 2.74. The summed E-state index contributed by atoms with van der Waals surface area (Å²) in [5, 5.41) is 10.0. The van der Waals surface area contributed by atoms with E-state index in [1.165, 1.54) is 12.1 Å². The van der Waals surface area contributed by atoms with Crippen molar-refractivity contribution in [2.75, 3.05) is 6.61 Å². The van der Waals surface area contributed by atoms with Crippen LogP contribution in [0.4, 0.5) is 4.39 Å². The maximum atomic E-state index is 13.1. The molecular formula is C13H17FO2. The summed E-state index contributed by atoms with van der Waals surface area (Å²) in [6, 6.07) is 4.52. The molecule has 1 aliphatic heterocycles. The number of hydrogen-bond acceptors (Lipinski definition) is 2. The maximum Gasteiger partial charge on any atom is 0.123 e. The average molecular weight is 224 g/mol. The highest BCUT2D eigenvalue weighted by molar-refractivity contribution is 5.28. The van der Waals surface area contributed by atoms with Gasteiger partial charge in [-0.1, -0.05) is 6.07 Å². The summed E-state index contributed by atoms with van der Waals surface area (Å²) >= 11 is 0. The normalized spacial score (nSPS) is 22.3. The highest BCUT2D eigenvalue weighted by Gasteiger charge is 2.21. The molecule has 1 heterocycles. The van der Waals surface area contributed by atoms with Crippen molar-refractivity contribution in [2.45, 2.75) is 38.4 Å². The second kappa shape index (κ2) is 4.93. The summed E-state index contributed by atoms with van der Waals surface area (Å²) in [6.45, 7) is 2.66. The minimum absolute atomic E-state index is 0.123. The Bertz CT molecular complexity index is 359. The lowest BCUT2D eigenvalue weighted by Crippen LogP contribution is -2.12. The zero-order valence-electron chi connectivity index (χ0n) is 9.45. The number of benzene rings is 1. The van der Waals surface area contributed by atoms with Gasteiger partial charge in [0.1, 0.15) is 5.82 Å². The van der Waals surface area contributed by atoms with E-state index in [0.29, 0.717) is 12.0 Å². The fraction of sp³-hybridized carbons (Fsp3) is 0.538. The smallest absolute Gasteiger partial charge is 0.123 e. The van der Waals surface area contributed by atoms with Crippen molar-refractivity contribution < 1.29 is 14.2 Å². The third-order valence-corrected chi connectivity index (χ3v) is 3.11. The van der Waals surface area contributed by atoms with Crippen LogP contribution in [0.3, 0.4) is 0 Å². The Kier molecular flexibility index (Phi) is 3.56. The monoisotopic (exact) mass is 224 g/mol. The number of aliphatic hydroxyl groups excluding tert-OH is 1. The molecule has 88 valence electrons. The Morgan fingerprint density at radius 3 is 3.06 bits per heavy atom. The van der Waals surface area contributed by atoms with Gasteiger partial charge in [0.15, 0.2) is 0 Å². The molecular weight excluding hydrogens is 207 g/mol. The van der Waals surface area contributed by atoms with Gasteiger partial charge >= 0.3 is 0 Å². The molecule has 0 aromatic heterocycles. The van der Waals surface area contributed by atoms with Gasteiger partial charge in [0, 0.05) is 13.0 Å². The molecule has 1 N–H and O–H groups in total. The summed E-state index contributed by atoms with van der Waals surface area (Å²) in [4.78, 5) is 0. The van der Waals surface area contributed by atoms with Gasteiger partial charge in [0.25, 0.3) is 0 Å². The van der Waals surface area contributed by atoms with E-state index in [9.17, 15) is 9.50 Å². The molecule has 2 rings (SSSR count). The van der Waals surface area contributed by atoms with E-state index < -0.39 is 6.10 Å². The predicted octanol–water partition coefficient (Wildman–Crippen LogP) is 2.74. The van der Waals surface area contributed by atoms with Gasteiger partial charge in [-0.15, -0.1) is 0 Å². The fourth-order valence-electron chi connectivity index (χ4n) is 2.18. The lowest BCUT2D eigenvalue weighted by molar-refractivity contribution is 0.0532. The first-order valence-electron chi connectivity index (χ1n) is 5.72. The number of aryl methyl sites for hydroxylation is 1. The minimum Gasteiger partial charge on any atom is -0.388 e. The van der Waals surface area contributed by atoms with Crippen molar-refractivity contribution in [3.8, 4) is 0 Å². The van der Waals surface area contributed by atoms with Crippen LogP contribution < -0.4 is 0 Å². The summed E-state index contributed by atoms with van der Waals surface area (Å²) in [7, 11) is 0. The van der Waals surface area contributed by atoms with E-state index in [1.54, 1.807) is 6.07 Å². The first-order chi connectivity index (χ1) is 7.66. The van der Waals surface area contributed by atoms with Gasteiger partial charge in [0.05, 0.1) is 12.2 Å². The third kappa shape index (κ3) is 2.60. The Morgan fingerprint density at radius 2 is 2.38 bits per heavy atom. The van der Waals surface area contributed by atoms with Gasteiger partial charge in [-0.2, -0.15) is 0 Å². The standard InChI is InChI=1S/C13H17FO2/c1-9-4-5-10(14)7-12(9)13(15)8-11-3-2-6-16-11/h4-5,7,11,13,15H,2-3,6,8H2,1H3. The van der Waals surface area contributed by atoms with E-state index >= 15 is 0 Å². The van der Waals surface area contributed by atoms with Crippen molar-refractivity contribution in [1.82, 2.24) is 0 Å². The van der Waals surface area contributed by atoms with Crippen LogP contribution in [0.1, 0.15) is 36.5 Å². The molecule has 0 spiro atoms. The Hall–Kier alpha value is -0.930. The Labute approximate surface area is 95.1 Å². The van der Waals surface area contributed by atoms with E-state index in [-0.39, 0.29) is 11.9 Å². The highest BCUT2D eigenvalue weighted by atomic mass is 19.1. The molecule has 0 amide bonds. The van der Waals surface area contributed by atoms with Crippen molar-refractivity contribution in [3.63, 3.8) is 0 Å². The molecule has 16 heavy (non-hydrogen) atoms. The molecule has 0 radical (unpaired) electrons. The summed E-state index contributed by atoms with van der Waals surface area (Å²) < 4.78 is 18.5. The summed E-state index contributed by atoms with van der Waals surface area (Å²) in [5.74, 6) is -0.299. The van der Waals surface area contributed by atoms with Crippen molar-refractivity contribution >= 4 is 0 Å². The molecule has 1 aromatic rings. The van der Waals surface area contributed by atoms with Crippen LogP contribution >= 0.6 is 0 Å². The highest BCUT2D eigenvalue weighted by Crippen LogP contribution is 2.27. The molecule has 0 saturated carbocycles. The zero-order valence-corrected chi connectivity index (χ0v) is 9.45. The van der Waals surface area contributed by atoms with Gasteiger partial charge in [0.2, 0.25) is 0 Å². The van der Waals surface area contributed by atoms with Crippen LogP contribution in [0.15, 0.2) is 18.2 Å². The molecule has 1 fully saturated rings. The van der Waals surface area contributed by atoms with Crippen molar-refractivity contribution in [3.05, 3.63) is 35.1 Å². The second-order valence-corrected chi connectivity index (χ2v) is 4.39. The Balaban J connectivity index is 2.07. The van der Waals surface area contributed by atoms with Crippen LogP contribution in [-0.4, -0.2) is 17.8 Å². The lowest BCUT2D eigenvalue weighted by Gasteiger charge is -2.17.